The minimum Gasteiger partial charge on any atom is -0.490 e. The van der Waals surface area contributed by atoms with Crippen LogP contribution in [0.2, 0.25) is 0 Å². The van der Waals surface area contributed by atoms with Gasteiger partial charge in [0.15, 0.2) is 0 Å². The van der Waals surface area contributed by atoms with Crippen molar-refractivity contribution in [2.75, 3.05) is 13.2 Å². The molecule has 120 valence electrons. The van der Waals surface area contributed by atoms with Gasteiger partial charge in [-0.05, 0) is 23.8 Å². The summed E-state index contributed by atoms with van der Waals surface area (Å²) in [6, 6.07) is 19.7. The van der Waals surface area contributed by atoms with Crippen LogP contribution in [0.5, 0.6) is 11.6 Å². The molecule has 0 aliphatic carbocycles. The number of hydrogen-bond donors (Lipinski definition) is 0. The number of para-hydroxylation sites is 1. The van der Waals surface area contributed by atoms with Crippen LogP contribution in [0.15, 0.2) is 73.1 Å². The molecule has 3 aromatic rings. The monoisotopic (exact) mass is 318 g/mol. The predicted octanol–water partition coefficient (Wildman–Crippen LogP) is 4.10. The Morgan fingerprint density at radius 2 is 1.38 bits per heavy atom. The van der Waals surface area contributed by atoms with Gasteiger partial charge in [-0.15, -0.1) is 0 Å². The van der Waals surface area contributed by atoms with Gasteiger partial charge in [0, 0.05) is 12.4 Å². The van der Waals surface area contributed by atoms with Gasteiger partial charge in [-0.25, -0.2) is 9.97 Å². The van der Waals surface area contributed by atoms with Crippen molar-refractivity contribution in [3.05, 3.63) is 84.3 Å². The molecule has 4 heteroatoms. The van der Waals surface area contributed by atoms with Gasteiger partial charge in [-0.2, -0.15) is 0 Å². The summed E-state index contributed by atoms with van der Waals surface area (Å²) in [6.45, 7) is 0.849. The normalized spacial score (nSPS) is 10.7. The minimum atomic E-state index is 0.403. The average molecular weight is 318 g/mol. The zero-order valence-corrected chi connectivity index (χ0v) is 13.2. The smallest absolute Gasteiger partial charge is 0.240 e. The number of hydrogen-bond acceptors (Lipinski definition) is 4. The Hall–Kier alpha value is -3.14. The molecule has 0 saturated carbocycles. The lowest BCUT2D eigenvalue weighted by Gasteiger charge is -2.08. The zero-order chi connectivity index (χ0) is 16.5. The van der Waals surface area contributed by atoms with Crippen molar-refractivity contribution in [3.8, 4) is 11.6 Å². The lowest BCUT2D eigenvalue weighted by Crippen LogP contribution is -2.10. The Kier molecular flexibility index (Phi) is 5.56. The molecule has 4 nitrogen and oxygen atoms in total. The second-order valence-electron chi connectivity index (χ2n) is 5.00. The van der Waals surface area contributed by atoms with E-state index in [1.54, 1.807) is 12.4 Å². The molecular weight excluding hydrogens is 300 g/mol. The van der Waals surface area contributed by atoms with Gasteiger partial charge < -0.3 is 9.47 Å². The third-order valence-electron chi connectivity index (χ3n) is 3.26. The summed E-state index contributed by atoms with van der Waals surface area (Å²) < 4.78 is 11.3. The van der Waals surface area contributed by atoms with Crippen LogP contribution in [0, 0.1) is 0 Å². The van der Waals surface area contributed by atoms with Crippen molar-refractivity contribution in [1.29, 1.82) is 0 Å². The molecule has 3 rings (SSSR count). The molecule has 0 amide bonds. The molecule has 0 atom stereocenters. The number of nitrogens with zero attached hydrogens (tertiary/aromatic N) is 2. The zero-order valence-electron chi connectivity index (χ0n) is 13.2. The van der Waals surface area contributed by atoms with Crippen LogP contribution in [0.4, 0.5) is 0 Å². The van der Waals surface area contributed by atoms with Crippen molar-refractivity contribution in [1.82, 2.24) is 9.97 Å². The molecule has 1 aromatic heterocycles. The summed E-state index contributed by atoms with van der Waals surface area (Å²) >= 11 is 0. The second kappa shape index (κ2) is 8.48. The van der Waals surface area contributed by atoms with E-state index in [-0.39, 0.29) is 0 Å². The summed E-state index contributed by atoms with van der Waals surface area (Å²) in [5.74, 6) is 1.32. The van der Waals surface area contributed by atoms with Crippen LogP contribution in [0.1, 0.15) is 11.3 Å². The van der Waals surface area contributed by atoms with Crippen LogP contribution in [0.25, 0.3) is 12.2 Å². The van der Waals surface area contributed by atoms with E-state index < -0.39 is 0 Å². The van der Waals surface area contributed by atoms with E-state index in [0.717, 1.165) is 11.3 Å². The first-order chi connectivity index (χ1) is 11.9. The third kappa shape index (κ3) is 4.68. The Labute approximate surface area is 141 Å². The fourth-order valence-electron chi connectivity index (χ4n) is 2.12. The molecule has 2 aromatic carbocycles. The summed E-state index contributed by atoms with van der Waals surface area (Å²) in [5, 5.41) is 0. The Morgan fingerprint density at radius 1 is 0.708 bits per heavy atom. The van der Waals surface area contributed by atoms with Crippen LogP contribution in [-0.4, -0.2) is 23.2 Å². The van der Waals surface area contributed by atoms with Crippen LogP contribution in [0.3, 0.4) is 0 Å². The molecule has 0 spiro atoms. The summed E-state index contributed by atoms with van der Waals surface area (Å²) in [4.78, 5) is 8.56. The average Bonchev–Trinajstić information content (AvgIpc) is 2.66. The van der Waals surface area contributed by atoms with E-state index in [1.165, 1.54) is 0 Å². The van der Waals surface area contributed by atoms with Crippen molar-refractivity contribution < 1.29 is 9.47 Å². The highest BCUT2D eigenvalue weighted by molar-refractivity contribution is 5.69. The Bertz CT molecular complexity index is 774. The molecule has 0 saturated heterocycles. The highest BCUT2D eigenvalue weighted by atomic mass is 16.5. The van der Waals surface area contributed by atoms with Crippen LogP contribution in [-0.2, 0) is 0 Å². The van der Waals surface area contributed by atoms with Gasteiger partial charge in [0.25, 0.3) is 0 Å². The van der Waals surface area contributed by atoms with E-state index in [4.69, 9.17) is 9.47 Å². The first kappa shape index (κ1) is 15.7. The van der Waals surface area contributed by atoms with Crippen LogP contribution < -0.4 is 9.47 Å². The lowest BCUT2D eigenvalue weighted by atomic mass is 10.2. The van der Waals surface area contributed by atoms with Gasteiger partial charge in [0.1, 0.15) is 24.7 Å². The number of benzene rings is 2. The van der Waals surface area contributed by atoms with Gasteiger partial charge in [0.05, 0.1) is 0 Å². The van der Waals surface area contributed by atoms with E-state index in [2.05, 4.69) is 9.97 Å². The summed E-state index contributed by atoms with van der Waals surface area (Å²) in [6.07, 6.45) is 7.15. The minimum absolute atomic E-state index is 0.403. The highest BCUT2D eigenvalue weighted by Gasteiger charge is 2.03. The number of ether oxygens (including phenoxy) is 2. The summed E-state index contributed by atoms with van der Waals surface area (Å²) in [7, 11) is 0. The van der Waals surface area contributed by atoms with Crippen molar-refractivity contribution >= 4 is 12.2 Å². The van der Waals surface area contributed by atoms with E-state index >= 15 is 0 Å². The quantitative estimate of drug-likeness (QED) is 0.615. The molecule has 24 heavy (non-hydrogen) atoms. The first-order valence-electron chi connectivity index (χ1n) is 7.76. The fourth-order valence-corrected chi connectivity index (χ4v) is 2.12. The third-order valence-corrected chi connectivity index (χ3v) is 3.26. The molecule has 0 aliphatic heterocycles. The summed E-state index contributed by atoms with van der Waals surface area (Å²) in [5.41, 5.74) is 1.79. The molecule has 0 unspecified atom stereocenters. The van der Waals surface area contributed by atoms with Gasteiger partial charge in [-0.3, -0.25) is 0 Å². The van der Waals surface area contributed by atoms with Gasteiger partial charge in [0.2, 0.25) is 5.88 Å². The molecule has 0 radical (unpaired) electrons. The maximum absolute atomic E-state index is 5.70. The van der Waals surface area contributed by atoms with Gasteiger partial charge in [-0.1, -0.05) is 54.6 Å². The maximum atomic E-state index is 5.70. The Balaban J connectivity index is 1.57. The van der Waals surface area contributed by atoms with E-state index in [9.17, 15) is 0 Å². The van der Waals surface area contributed by atoms with Crippen LogP contribution >= 0.6 is 0 Å². The Morgan fingerprint density at radius 3 is 2.17 bits per heavy atom. The largest absolute Gasteiger partial charge is 0.490 e. The second-order valence-corrected chi connectivity index (χ2v) is 5.00. The van der Waals surface area contributed by atoms with E-state index in [0.29, 0.717) is 24.8 Å². The number of rotatable bonds is 7. The predicted molar refractivity (Wildman–Crippen MR) is 94.8 cm³/mol. The molecular formula is C20H18N2O2. The fraction of sp³-hybridized carbons (Fsp3) is 0.100. The van der Waals surface area contributed by atoms with E-state index in [1.807, 2.05) is 72.8 Å². The first-order valence-corrected chi connectivity index (χ1v) is 7.76. The lowest BCUT2D eigenvalue weighted by molar-refractivity contribution is 0.211. The molecule has 0 bridgehead atoms. The SMILES string of the molecule is C(=C\c1nccnc1OCCOc1ccccc1)/c1ccccc1. The standard InChI is InChI=1S/C20H18N2O2/c1-3-7-17(8-4-1)11-12-19-20(22-14-13-21-19)24-16-15-23-18-9-5-2-6-10-18/h1-14H,15-16H2/b12-11+. The molecule has 1 heterocycles. The maximum Gasteiger partial charge on any atom is 0.240 e. The molecule has 0 fully saturated rings. The van der Waals surface area contributed by atoms with Crippen molar-refractivity contribution in [3.63, 3.8) is 0 Å². The van der Waals surface area contributed by atoms with Crippen molar-refractivity contribution in [2.24, 2.45) is 0 Å². The molecule has 0 aliphatic rings. The topological polar surface area (TPSA) is 44.2 Å². The highest BCUT2D eigenvalue weighted by Crippen LogP contribution is 2.15. The number of aromatic nitrogens is 2. The van der Waals surface area contributed by atoms with Crippen molar-refractivity contribution in [2.45, 2.75) is 0 Å². The van der Waals surface area contributed by atoms with Gasteiger partial charge >= 0.3 is 0 Å². The molecule has 0 N–H and O–H groups in total.